The number of benzene rings is 1. The van der Waals surface area contributed by atoms with Gasteiger partial charge in [-0.15, -0.1) is 0 Å². The van der Waals surface area contributed by atoms with Crippen molar-refractivity contribution in [2.24, 2.45) is 0 Å². The van der Waals surface area contributed by atoms with Crippen LogP contribution in [0.15, 0.2) is 24.3 Å². The molecule has 3 nitrogen and oxygen atoms in total. The fourth-order valence-corrected chi connectivity index (χ4v) is 1.81. The third-order valence-electron chi connectivity index (χ3n) is 2.72. The molecule has 1 unspecified atom stereocenters. The van der Waals surface area contributed by atoms with E-state index in [2.05, 4.69) is 46.0 Å². The quantitative estimate of drug-likeness (QED) is 0.853. The number of rotatable bonds is 6. The largest absolute Gasteiger partial charge is 0.497 e. The highest BCUT2D eigenvalue weighted by molar-refractivity contribution is 5.30. The molecule has 1 N–H and O–H groups in total. The standard InChI is InChI=1S/C16H27NO2/c1-12(2)19-15(11-17-16(3,4)5)13-8-7-9-14(10-13)18-6/h7-10,12,15,17H,11H2,1-6H3. The van der Waals surface area contributed by atoms with E-state index in [9.17, 15) is 0 Å². The lowest BCUT2D eigenvalue weighted by Crippen LogP contribution is -2.39. The maximum absolute atomic E-state index is 6.01. The van der Waals surface area contributed by atoms with E-state index in [1.165, 1.54) is 0 Å². The third-order valence-corrected chi connectivity index (χ3v) is 2.72. The maximum atomic E-state index is 6.01. The zero-order valence-corrected chi connectivity index (χ0v) is 13.0. The first kappa shape index (κ1) is 16.0. The van der Waals surface area contributed by atoms with Crippen molar-refractivity contribution in [2.45, 2.75) is 52.4 Å². The smallest absolute Gasteiger partial charge is 0.119 e. The van der Waals surface area contributed by atoms with Crippen molar-refractivity contribution in [3.63, 3.8) is 0 Å². The predicted octanol–water partition coefficient (Wildman–Crippen LogP) is 3.55. The average molecular weight is 265 g/mol. The molecule has 0 spiro atoms. The Hall–Kier alpha value is -1.06. The lowest BCUT2D eigenvalue weighted by Gasteiger charge is -2.27. The first-order valence-corrected chi connectivity index (χ1v) is 6.86. The van der Waals surface area contributed by atoms with E-state index in [1.54, 1.807) is 7.11 Å². The summed E-state index contributed by atoms with van der Waals surface area (Å²) in [5, 5.41) is 3.50. The van der Waals surface area contributed by atoms with Crippen LogP contribution in [0.5, 0.6) is 5.75 Å². The molecule has 0 saturated heterocycles. The molecule has 0 saturated carbocycles. The summed E-state index contributed by atoms with van der Waals surface area (Å²) in [6.07, 6.45) is 0.229. The van der Waals surface area contributed by atoms with E-state index < -0.39 is 0 Å². The fraction of sp³-hybridized carbons (Fsp3) is 0.625. The van der Waals surface area contributed by atoms with Gasteiger partial charge in [-0.1, -0.05) is 12.1 Å². The molecular weight excluding hydrogens is 238 g/mol. The van der Waals surface area contributed by atoms with Crippen LogP contribution in [0.25, 0.3) is 0 Å². The Morgan fingerprint density at radius 2 is 1.89 bits per heavy atom. The lowest BCUT2D eigenvalue weighted by atomic mass is 10.1. The zero-order valence-electron chi connectivity index (χ0n) is 13.0. The highest BCUT2D eigenvalue weighted by Gasteiger charge is 2.18. The number of nitrogens with one attached hydrogen (secondary N) is 1. The van der Waals surface area contributed by atoms with Gasteiger partial charge in [0.15, 0.2) is 0 Å². The van der Waals surface area contributed by atoms with E-state index in [1.807, 2.05) is 18.2 Å². The van der Waals surface area contributed by atoms with Crippen LogP contribution in [-0.4, -0.2) is 25.3 Å². The van der Waals surface area contributed by atoms with Crippen LogP contribution in [-0.2, 0) is 4.74 Å². The van der Waals surface area contributed by atoms with Gasteiger partial charge in [-0.25, -0.2) is 0 Å². The molecule has 0 radical (unpaired) electrons. The summed E-state index contributed by atoms with van der Waals surface area (Å²) in [7, 11) is 1.69. The molecule has 1 aromatic rings. The molecule has 0 aliphatic heterocycles. The summed E-state index contributed by atoms with van der Waals surface area (Å²) >= 11 is 0. The van der Waals surface area contributed by atoms with Crippen molar-refractivity contribution in [1.29, 1.82) is 0 Å². The van der Waals surface area contributed by atoms with Gasteiger partial charge in [0.1, 0.15) is 5.75 Å². The van der Waals surface area contributed by atoms with Gasteiger partial charge in [0.2, 0.25) is 0 Å². The molecular formula is C16H27NO2. The van der Waals surface area contributed by atoms with Crippen LogP contribution in [0, 0.1) is 0 Å². The van der Waals surface area contributed by atoms with Crippen molar-refractivity contribution in [2.75, 3.05) is 13.7 Å². The van der Waals surface area contributed by atoms with E-state index in [0.717, 1.165) is 17.9 Å². The number of hydrogen-bond acceptors (Lipinski definition) is 3. The van der Waals surface area contributed by atoms with E-state index in [4.69, 9.17) is 9.47 Å². The minimum atomic E-state index is 0.0364. The summed E-state index contributed by atoms with van der Waals surface area (Å²) in [6, 6.07) is 8.08. The Kier molecular flexibility index (Phi) is 5.83. The summed E-state index contributed by atoms with van der Waals surface area (Å²) in [4.78, 5) is 0. The van der Waals surface area contributed by atoms with Crippen LogP contribution in [0.3, 0.4) is 0 Å². The molecule has 3 heteroatoms. The zero-order chi connectivity index (χ0) is 14.5. The topological polar surface area (TPSA) is 30.5 Å². The normalized spacial score (nSPS) is 13.6. The second-order valence-corrected chi connectivity index (χ2v) is 6.08. The minimum Gasteiger partial charge on any atom is -0.497 e. The van der Waals surface area contributed by atoms with Crippen LogP contribution < -0.4 is 10.1 Å². The highest BCUT2D eigenvalue weighted by atomic mass is 16.5. The average Bonchev–Trinajstić information content (AvgIpc) is 2.33. The Morgan fingerprint density at radius 1 is 1.21 bits per heavy atom. The molecule has 0 fully saturated rings. The first-order chi connectivity index (χ1) is 8.81. The molecule has 0 aromatic heterocycles. The van der Waals surface area contributed by atoms with E-state index in [-0.39, 0.29) is 17.7 Å². The fourth-order valence-electron chi connectivity index (χ4n) is 1.81. The molecule has 1 aromatic carbocycles. The molecule has 0 amide bonds. The molecule has 0 heterocycles. The Morgan fingerprint density at radius 3 is 2.42 bits per heavy atom. The Labute approximate surface area is 117 Å². The molecule has 0 aliphatic carbocycles. The third kappa shape index (κ3) is 6.08. The second kappa shape index (κ2) is 6.92. The lowest BCUT2D eigenvalue weighted by molar-refractivity contribution is 0.00395. The molecule has 0 aliphatic rings. The summed E-state index contributed by atoms with van der Waals surface area (Å²) < 4.78 is 11.3. The van der Waals surface area contributed by atoms with Gasteiger partial charge in [0, 0.05) is 12.1 Å². The van der Waals surface area contributed by atoms with Crippen LogP contribution in [0.1, 0.15) is 46.3 Å². The second-order valence-electron chi connectivity index (χ2n) is 6.08. The van der Waals surface area contributed by atoms with Gasteiger partial charge >= 0.3 is 0 Å². The number of hydrogen-bond donors (Lipinski definition) is 1. The van der Waals surface area contributed by atoms with Crippen molar-refractivity contribution >= 4 is 0 Å². The van der Waals surface area contributed by atoms with Gasteiger partial charge in [0.25, 0.3) is 0 Å². The molecule has 0 bridgehead atoms. The molecule has 108 valence electrons. The van der Waals surface area contributed by atoms with Gasteiger partial charge in [0.05, 0.1) is 19.3 Å². The van der Waals surface area contributed by atoms with Crippen LogP contribution >= 0.6 is 0 Å². The van der Waals surface area contributed by atoms with Gasteiger partial charge in [-0.3, -0.25) is 0 Å². The Bertz CT molecular complexity index is 383. The van der Waals surface area contributed by atoms with E-state index >= 15 is 0 Å². The molecule has 1 rings (SSSR count). The molecule has 1 atom stereocenters. The van der Waals surface area contributed by atoms with Crippen molar-refractivity contribution in [1.82, 2.24) is 5.32 Å². The monoisotopic (exact) mass is 265 g/mol. The summed E-state index contributed by atoms with van der Waals surface area (Å²) in [5.41, 5.74) is 1.22. The summed E-state index contributed by atoms with van der Waals surface area (Å²) in [6.45, 7) is 11.4. The highest BCUT2D eigenvalue weighted by Crippen LogP contribution is 2.23. The first-order valence-electron chi connectivity index (χ1n) is 6.86. The molecule has 19 heavy (non-hydrogen) atoms. The van der Waals surface area contributed by atoms with Crippen molar-refractivity contribution < 1.29 is 9.47 Å². The Balaban J connectivity index is 2.82. The van der Waals surface area contributed by atoms with Crippen LogP contribution in [0.2, 0.25) is 0 Å². The van der Waals surface area contributed by atoms with Crippen LogP contribution in [0.4, 0.5) is 0 Å². The van der Waals surface area contributed by atoms with Crippen molar-refractivity contribution in [3.05, 3.63) is 29.8 Å². The predicted molar refractivity (Wildman–Crippen MR) is 79.7 cm³/mol. The maximum Gasteiger partial charge on any atom is 0.119 e. The van der Waals surface area contributed by atoms with Gasteiger partial charge in [-0.05, 0) is 52.3 Å². The van der Waals surface area contributed by atoms with E-state index in [0.29, 0.717) is 0 Å². The number of methoxy groups -OCH3 is 1. The van der Waals surface area contributed by atoms with Crippen molar-refractivity contribution in [3.8, 4) is 5.75 Å². The number of ether oxygens (including phenoxy) is 2. The summed E-state index contributed by atoms with van der Waals surface area (Å²) in [5.74, 6) is 0.866. The van der Waals surface area contributed by atoms with Gasteiger partial charge in [-0.2, -0.15) is 0 Å². The van der Waals surface area contributed by atoms with Gasteiger partial charge < -0.3 is 14.8 Å². The SMILES string of the molecule is COc1cccc(C(CNC(C)(C)C)OC(C)C)c1. The minimum absolute atomic E-state index is 0.0364.